The number of rotatable bonds is 9. The molecular formula is C20H30Cl2N2O6. The van der Waals surface area contributed by atoms with Crippen LogP contribution in [0.3, 0.4) is 0 Å². The minimum Gasteiger partial charge on any atom is -0.479 e. The number of nitrogens with one attached hydrogen (secondary N) is 1. The van der Waals surface area contributed by atoms with Crippen molar-refractivity contribution >= 4 is 35.1 Å². The Bertz CT molecular complexity index is 660. The molecule has 8 nitrogen and oxygen atoms in total. The van der Waals surface area contributed by atoms with Gasteiger partial charge in [0, 0.05) is 29.7 Å². The quantitative estimate of drug-likeness (QED) is 0.374. The molecule has 0 bridgehead atoms. The predicted octanol–water partition coefficient (Wildman–Crippen LogP) is 1.94. The normalized spacial score (nSPS) is 18.1. The van der Waals surface area contributed by atoms with Crippen LogP contribution >= 0.6 is 23.2 Å². The molecule has 1 aromatic rings. The van der Waals surface area contributed by atoms with E-state index in [1.54, 1.807) is 6.07 Å². The zero-order chi connectivity index (χ0) is 22.8. The molecule has 0 amide bonds. The monoisotopic (exact) mass is 464 g/mol. The van der Waals surface area contributed by atoms with Crippen molar-refractivity contribution in [1.29, 1.82) is 0 Å². The maximum atomic E-state index is 9.77. The Morgan fingerprint density at radius 2 is 1.63 bits per heavy atom. The van der Waals surface area contributed by atoms with Crippen LogP contribution in [0.25, 0.3) is 0 Å². The van der Waals surface area contributed by atoms with Gasteiger partial charge in [0.25, 0.3) is 0 Å². The van der Waals surface area contributed by atoms with E-state index in [4.69, 9.17) is 43.6 Å². The molecule has 1 aliphatic rings. The summed E-state index contributed by atoms with van der Waals surface area (Å²) in [4.78, 5) is 22.1. The fraction of sp³-hybridized carbons (Fsp3) is 0.600. The van der Waals surface area contributed by atoms with E-state index >= 15 is 0 Å². The maximum absolute atomic E-state index is 9.77. The number of aliphatic hydroxyl groups excluding tert-OH is 2. The lowest BCUT2D eigenvalue weighted by molar-refractivity contribution is -0.165. The summed E-state index contributed by atoms with van der Waals surface area (Å²) < 4.78 is 0. The van der Waals surface area contributed by atoms with Crippen LogP contribution in [0, 0.1) is 11.8 Å². The highest BCUT2D eigenvalue weighted by molar-refractivity contribution is 6.34. The number of carboxylic acids is 2. The van der Waals surface area contributed by atoms with Crippen LogP contribution < -0.4 is 5.32 Å². The molecule has 0 radical (unpaired) electrons. The van der Waals surface area contributed by atoms with E-state index in [1.807, 2.05) is 12.1 Å². The van der Waals surface area contributed by atoms with Gasteiger partial charge in [-0.2, -0.15) is 0 Å². The topological polar surface area (TPSA) is 130 Å². The summed E-state index contributed by atoms with van der Waals surface area (Å²) in [6.07, 6.45) is -3.25. The average molecular weight is 465 g/mol. The van der Waals surface area contributed by atoms with Crippen LogP contribution in [0.15, 0.2) is 18.2 Å². The summed E-state index contributed by atoms with van der Waals surface area (Å²) in [5, 5.41) is 37.4. The van der Waals surface area contributed by atoms with E-state index in [1.165, 1.54) is 12.0 Å². The van der Waals surface area contributed by atoms with Crippen LogP contribution in [-0.2, 0) is 16.1 Å². The third-order valence-corrected chi connectivity index (χ3v) is 4.87. The molecule has 2 unspecified atom stereocenters. The summed E-state index contributed by atoms with van der Waals surface area (Å²) in [6.45, 7) is 10.0. The van der Waals surface area contributed by atoms with Crippen molar-refractivity contribution in [3.05, 3.63) is 33.8 Å². The first-order chi connectivity index (χ1) is 14.0. The molecule has 1 aromatic carbocycles. The zero-order valence-electron chi connectivity index (χ0n) is 17.1. The van der Waals surface area contributed by atoms with Crippen molar-refractivity contribution in [2.45, 2.75) is 39.0 Å². The molecule has 30 heavy (non-hydrogen) atoms. The molecule has 0 aromatic heterocycles. The van der Waals surface area contributed by atoms with E-state index in [9.17, 15) is 9.59 Å². The molecule has 0 saturated carbocycles. The van der Waals surface area contributed by atoms with Crippen molar-refractivity contribution in [3.8, 4) is 0 Å². The molecule has 1 aliphatic heterocycles. The van der Waals surface area contributed by atoms with E-state index in [0.717, 1.165) is 48.7 Å². The Morgan fingerprint density at radius 3 is 2.03 bits per heavy atom. The largest absolute Gasteiger partial charge is 0.479 e. The molecule has 5 N–H and O–H groups in total. The van der Waals surface area contributed by atoms with Crippen LogP contribution in [0.2, 0.25) is 10.0 Å². The molecule has 1 saturated heterocycles. The Hall–Kier alpha value is -1.42. The molecule has 170 valence electrons. The molecule has 1 heterocycles. The summed E-state index contributed by atoms with van der Waals surface area (Å²) in [5.74, 6) is -2.10. The summed E-state index contributed by atoms with van der Waals surface area (Å²) in [5.41, 5.74) is 1.20. The van der Waals surface area contributed by atoms with Gasteiger partial charge in [-0.15, -0.1) is 0 Å². The van der Waals surface area contributed by atoms with Gasteiger partial charge in [-0.3, -0.25) is 4.90 Å². The summed E-state index contributed by atoms with van der Waals surface area (Å²) in [6, 6.07) is 5.83. The minimum absolute atomic E-state index is 0.666. The number of carbonyl (C=O) groups is 2. The second-order valence-electron chi connectivity index (χ2n) is 7.79. The summed E-state index contributed by atoms with van der Waals surface area (Å²) in [7, 11) is 0. The van der Waals surface area contributed by atoms with Gasteiger partial charge in [0.15, 0.2) is 12.2 Å². The van der Waals surface area contributed by atoms with Gasteiger partial charge in [0.1, 0.15) is 0 Å². The molecule has 10 heteroatoms. The lowest BCUT2D eigenvalue weighted by atomic mass is 10.1. The number of carboxylic acid groups (broad SMARTS) is 2. The van der Waals surface area contributed by atoms with Crippen LogP contribution in [0.5, 0.6) is 0 Å². The molecule has 3 atom stereocenters. The van der Waals surface area contributed by atoms with Crippen LogP contribution in [-0.4, -0.2) is 75.7 Å². The Morgan fingerprint density at radius 1 is 1.10 bits per heavy atom. The lowest BCUT2D eigenvalue weighted by Gasteiger charge is -2.27. The van der Waals surface area contributed by atoms with Crippen molar-refractivity contribution in [2.75, 3.05) is 26.2 Å². The number of nitrogens with zero attached hydrogens (tertiary/aromatic N) is 1. The van der Waals surface area contributed by atoms with Gasteiger partial charge in [-0.25, -0.2) is 9.59 Å². The molecule has 0 aliphatic carbocycles. The van der Waals surface area contributed by atoms with Crippen molar-refractivity contribution in [2.24, 2.45) is 11.8 Å². The van der Waals surface area contributed by atoms with Crippen LogP contribution in [0.1, 0.15) is 25.8 Å². The van der Waals surface area contributed by atoms with E-state index < -0.39 is 24.1 Å². The average Bonchev–Trinajstić information content (AvgIpc) is 3.12. The fourth-order valence-corrected chi connectivity index (χ4v) is 3.76. The standard InChI is InChI=1S/C16H24Cl2N2.C4H6O6/c1-12(2)9-20(10-13-3-4-19-8-13)11-14-5-15(17)7-16(18)6-14;5-1(3(7)8)2(6)4(9)10/h5-7,12-13,19H,3-4,8-11H2,1-2H3;1-2,5-6H,(H,7,8)(H,9,10)/t13-;/m1./s1. The molecular weight excluding hydrogens is 435 g/mol. The first kappa shape index (κ1) is 26.6. The number of hydrogen-bond donors (Lipinski definition) is 5. The number of aliphatic carboxylic acids is 2. The number of aliphatic hydroxyl groups is 2. The van der Waals surface area contributed by atoms with Crippen molar-refractivity contribution in [1.82, 2.24) is 10.2 Å². The molecule has 0 spiro atoms. The van der Waals surface area contributed by atoms with Crippen LogP contribution in [0.4, 0.5) is 0 Å². The van der Waals surface area contributed by atoms with Gasteiger partial charge in [-0.1, -0.05) is 37.0 Å². The van der Waals surface area contributed by atoms with Crippen molar-refractivity contribution < 1.29 is 30.0 Å². The first-order valence-electron chi connectivity index (χ1n) is 9.69. The second-order valence-corrected chi connectivity index (χ2v) is 8.66. The lowest BCUT2D eigenvalue weighted by Crippen LogP contribution is -2.39. The third-order valence-electron chi connectivity index (χ3n) is 4.44. The van der Waals surface area contributed by atoms with Crippen molar-refractivity contribution in [3.63, 3.8) is 0 Å². The van der Waals surface area contributed by atoms with E-state index in [-0.39, 0.29) is 0 Å². The Balaban J connectivity index is 0.000000382. The molecule has 1 fully saturated rings. The van der Waals surface area contributed by atoms with E-state index in [2.05, 4.69) is 24.1 Å². The highest BCUT2D eigenvalue weighted by Gasteiger charge is 2.29. The molecule has 2 rings (SSSR count). The SMILES string of the molecule is CC(C)CN(Cc1cc(Cl)cc(Cl)c1)C[C@@H]1CCNC1.O=C(O)C(O)C(O)C(=O)O. The number of halogens is 2. The van der Waals surface area contributed by atoms with Gasteiger partial charge in [0.2, 0.25) is 0 Å². The number of benzene rings is 1. The van der Waals surface area contributed by atoms with Gasteiger partial charge >= 0.3 is 11.9 Å². The highest BCUT2D eigenvalue weighted by Crippen LogP contribution is 2.21. The minimum atomic E-state index is -2.27. The van der Waals surface area contributed by atoms with Gasteiger partial charge in [0.05, 0.1) is 0 Å². The van der Waals surface area contributed by atoms with E-state index in [0.29, 0.717) is 5.92 Å². The van der Waals surface area contributed by atoms with Gasteiger partial charge < -0.3 is 25.7 Å². The zero-order valence-corrected chi connectivity index (χ0v) is 18.6. The first-order valence-corrected chi connectivity index (χ1v) is 10.4. The fourth-order valence-electron chi connectivity index (χ4n) is 3.19. The smallest absolute Gasteiger partial charge is 0.335 e. The summed E-state index contributed by atoms with van der Waals surface area (Å²) >= 11 is 12.2. The maximum Gasteiger partial charge on any atom is 0.335 e. The predicted molar refractivity (Wildman–Crippen MR) is 115 cm³/mol. The van der Waals surface area contributed by atoms with Gasteiger partial charge in [-0.05, 0) is 55.1 Å². The highest BCUT2D eigenvalue weighted by atomic mass is 35.5. The third kappa shape index (κ3) is 10.1. The Labute approximate surface area is 186 Å². The number of hydrogen-bond acceptors (Lipinski definition) is 6. The Kier molecular flexibility index (Phi) is 11.6. The second kappa shape index (κ2) is 13.1.